The normalized spacial score (nSPS) is 28.7. The number of rotatable bonds is 7. The van der Waals surface area contributed by atoms with E-state index in [0.717, 1.165) is 50.7 Å². The van der Waals surface area contributed by atoms with Gasteiger partial charge in [0.1, 0.15) is 11.5 Å². The maximum atomic E-state index is 13.2. The summed E-state index contributed by atoms with van der Waals surface area (Å²) in [6.45, 7) is 2.24. The van der Waals surface area contributed by atoms with Gasteiger partial charge in [0.15, 0.2) is 0 Å². The predicted octanol–water partition coefficient (Wildman–Crippen LogP) is 7.85. The van der Waals surface area contributed by atoms with Crippen molar-refractivity contribution in [3.8, 4) is 5.75 Å². The molecule has 0 heterocycles. The fourth-order valence-electron chi connectivity index (χ4n) is 7.51. The first kappa shape index (κ1) is 25.6. The number of Topliss-reactive ketones (excluding diaryl/α,β-unsaturated/α-hetero) is 1. The standard InChI is InChI=1S/C30H35Cl2NO3/c1-30-14-13-23-22-11-9-21(36-2)15-18(22)7-10-24(23)29(30)19(16-27(30)34)5-3-4-6-28(35)33-26-12-8-20(31)17-25(26)32/h8-9,11-12,15,17,19,23-24,29H,3-7,10,13-14,16H2,1-2H3,(H,33,35)/t19-,23-,24-,29+,30-/m1/s1. The lowest BCUT2D eigenvalue weighted by Crippen LogP contribution is -2.44. The molecule has 6 heteroatoms. The topological polar surface area (TPSA) is 55.4 Å². The van der Waals surface area contributed by atoms with E-state index in [1.807, 2.05) is 0 Å². The lowest BCUT2D eigenvalue weighted by Gasteiger charge is -2.50. The Kier molecular flexibility index (Phi) is 7.38. The molecule has 0 unspecified atom stereocenters. The number of unbranched alkanes of at least 4 members (excludes halogenated alkanes) is 1. The molecular weight excluding hydrogens is 493 g/mol. The first-order valence-electron chi connectivity index (χ1n) is 13.2. The Bertz CT molecular complexity index is 1160. The average molecular weight is 529 g/mol. The molecule has 2 aromatic rings. The molecule has 1 amide bonds. The zero-order valence-electron chi connectivity index (χ0n) is 21.1. The molecule has 192 valence electrons. The summed E-state index contributed by atoms with van der Waals surface area (Å²) in [4.78, 5) is 25.7. The molecule has 1 N–H and O–H groups in total. The van der Waals surface area contributed by atoms with Crippen molar-refractivity contribution in [1.29, 1.82) is 0 Å². The van der Waals surface area contributed by atoms with E-state index in [1.165, 1.54) is 11.1 Å². The maximum Gasteiger partial charge on any atom is 0.224 e. The number of benzene rings is 2. The van der Waals surface area contributed by atoms with Crippen LogP contribution < -0.4 is 10.1 Å². The minimum absolute atomic E-state index is 0.0383. The number of nitrogens with one attached hydrogen (secondary N) is 1. The number of halogens is 2. The van der Waals surface area contributed by atoms with Crippen LogP contribution in [0, 0.1) is 23.2 Å². The molecule has 2 saturated carbocycles. The van der Waals surface area contributed by atoms with E-state index in [9.17, 15) is 9.59 Å². The summed E-state index contributed by atoms with van der Waals surface area (Å²) in [5.41, 5.74) is 3.31. The molecule has 0 saturated heterocycles. The highest BCUT2D eigenvalue weighted by molar-refractivity contribution is 6.36. The van der Waals surface area contributed by atoms with Gasteiger partial charge in [-0.05, 0) is 104 Å². The smallest absolute Gasteiger partial charge is 0.224 e. The monoisotopic (exact) mass is 527 g/mol. The quantitative estimate of drug-likeness (QED) is 0.373. The van der Waals surface area contributed by atoms with E-state index >= 15 is 0 Å². The van der Waals surface area contributed by atoms with Gasteiger partial charge in [0.25, 0.3) is 0 Å². The highest BCUT2D eigenvalue weighted by atomic mass is 35.5. The van der Waals surface area contributed by atoms with Gasteiger partial charge in [0.2, 0.25) is 5.91 Å². The van der Waals surface area contributed by atoms with Gasteiger partial charge in [0.05, 0.1) is 17.8 Å². The van der Waals surface area contributed by atoms with E-state index in [-0.39, 0.29) is 11.3 Å². The highest BCUT2D eigenvalue weighted by Crippen LogP contribution is 2.62. The summed E-state index contributed by atoms with van der Waals surface area (Å²) in [5.74, 6) is 3.33. The van der Waals surface area contributed by atoms with Crippen LogP contribution in [0.25, 0.3) is 0 Å². The Morgan fingerprint density at radius 3 is 2.75 bits per heavy atom. The van der Waals surface area contributed by atoms with E-state index in [2.05, 4.69) is 30.4 Å². The Labute approximate surface area is 224 Å². The lowest BCUT2D eigenvalue weighted by atomic mass is 9.54. The van der Waals surface area contributed by atoms with Gasteiger partial charge in [-0.1, -0.05) is 42.6 Å². The lowest BCUT2D eigenvalue weighted by molar-refractivity contribution is -0.129. The Hall–Kier alpha value is -2.04. The first-order valence-corrected chi connectivity index (χ1v) is 14.0. The van der Waals surface area contributed by atoms with E-state index < -0.39 is 0 Å². The first-order chi connectivity index (χ1) is 17.3. The number of ether oxygens (including phenoxy) is 1. The molecule has 4 nitrogen and oxygen atoms in total. The summed E-state index contributed by atoms with van der Waals surface area (Å²) in [7, 11) is 1.73. The van der Waals surface area contributed by atoms with E-state index in [0.29, 0.717) is 58.0 Å². The van der Waals surface area contributed by atoms with Crippen molar-refractivity contribution in [2.75, 3.05) is 12.4 Å². The van der Waals surface area contributed by atoms with Crippen LogP contribution in [0.5, 0.6) is 5.75 Å². The summed E-state index contributed by atoms with van der Waals surface area (Å²) in [6.07, 6.45) is 8.23. The molecule has 2 aromatic carbocycles. The summed E-state index contributed by atoms with van der Waals surface area (Å²) in [6, 6.07) is 11.6. The Morgan fingerprint density at radius 2 is 1.97 bits per heavy atom. The number of carbonyl (C=O) groups excluding carboxylic acids is 2. The van der Waals surface area contributed by atoms with Crippen molar-refractivity contribution in [2.45, 2.75) is 70.6 Å². The third-order valence-electron chi connectivity index (χ3n) is 9.21. The minimum Gasteiger partial charge on any atom is -0.497 e. The molecule has 36 heavy (non-hydrogen) atoms. The molecule has 2 fully saturated rings. The maximum absolute atomic E-state index is 13.2. The van der Waals surface area contributed by atoms with Crippen LogP contribution in [0.1, 0.15) is 75.3 Å². The van der Waals surface area contributed by atoms with Crippen LogP contribution in [0.4, 0.5) is 5.69 Å². The van der Waals surface area contributed by atoms with Crippen molar-refractivity contribution < 1.29 is 14.3 Å². The molecule has 0 aliphatic heterocycles. The minimum atomic E-state index is -0.182. The van der Waals surface area contributed by atoms with Crippen LogP contribution in [0.3, 0.4) is 0 Å². The number of hydrogen-bond donors (Lipinski definition) is 1. The van der Waals surface area contributed by atoms with E-state index in [1.54, 1.807) is 25.3 Å². The van der Waals surface area contributed by atoms with Crippen molar-refractivity contribution in [3.05, 3.63) is 57.6 Å². The molecule has 0 aromatic heterocycles. The summed E-state index contributed by atoms with van der Waals surface area (Å²) >= 11 is 12.1. The summed E-state index contributed by atoms with van der Waals surface area (Å²) in [5, 5.41) is 3.87. The SMILES string of the molecule is COc1ccc2c(c1)CC[C@H]1[C@@H]3[C@H](CCCCC(=O)Nc4ccc(Cl)cc4Cl)CC(=O)[C@@]3(C)CC[C@H]21. The third kappa shape index (κ3) is 4.79. The number of methoxy groups -OCH3 is 1. The number of aryl methyl sites for hydroxylation is 1. The van der Waals surface area contributed by atoms with Crippen LogP contribution in [0.2, 0.25) is 10.0 Å². The molecular formula is C30H35Cl2NO3. The third-order valence-corrected chi connectivity index (χ3v) is 9.76. The zero-order chi connectivity index (χ0) is 25.4. The van der Waals surface area contributed by atoms with Gasteiger partial charge in [-0.3, -0.25) is 9.59 Å². The number of hydrogen-bond acceptors (Lipinski definition) is 3. The molecule has 0 bridgehead atoms. The average Bonchev–Trinajstić information content (AvgIpc) is 3.12. The van der Waals surface area contributed by atoms with Gasteiger partial charge in [0, 0.05) is 23.3 Å². The predicted molar refractivity (Wildman–Crippen MR) is 145 cm³/mol. The van der Waals surface area contributed by atoms with Gasteiger partial charge >= 0.3 is 0 Å². The van der Waals surface area contributed by atoms with E-state index in [4.69, 9.17) is 27.9 Å². The number of amides is 1. The molecule has 0 radical (unpaired) electrons. The van der Waals surface area contributed by atoms with Crippen LogP contribution in [0.15, 0.2) is 36.4 Å². The number of anilines is 1. The van der Waals surface area contributed by atoms with Crippen molar-refractivity contribution >= 4 is 40.6 Å². The number of ketones is 1. The van der Waals surface area contributed by atoms with Crippen LogP contribution in [-0.4, -0.2) is 18.8 Å². The van der Waals surface area contributed by atoms with Crippen molar-refractivity contribution in [1.82, 2.24) is 0 Å². The number of fused-ring (bicyclic) bond motifs is 5. The Morgan fingerprint density at radius 1 is 1.14 bits per heavy atom. The van der Waals surface area contributed by atoms with Gasteiger partial charge < -0.3 is 10.1 Å². The molecule has 3 aliphatic rings. The van der Waals surface area contributed by atoms with Crippen LogP contribution >= 0.6 is 23.2 Å². The molecule has 5 atom stereocenters. The molecule has 5 rings (SSSR count). The largest absolute Gasteiger partial charge is 0.497 e. The van der Waals surface area contributed by atoms with Gasteiger partial charge in [-0.2, -0.15) is 0 Å². The number of carbonyl (C=O) groups is 2. The second-order valence-corrected chi connectivity index (χ2v) is 12.0. The molecule has 0 spiro atoms. The van der Waals surface area contributed by atoms with Crippen molar-refractivity contribution in [2.24, 2.45) is 23.2 Å². The highest BCUT2D eigenvalue weighted by Gasteiger charge is 2.58. The second kappa shape index (κ2) is 10.4. The fourth-order valence-corrected chi connectivity index (χ4v) is 7.96. The Balaban J connectivity index is 1.21. The van der Waals surface area contributed by atoms with Crippen molar-refractivity contribution in [3.63, 3.8) is 0 Å². The second-order valence-electron chi connectivity index (χ2n) is 11.2. The zero-order valence-corrected chi connectivity index (χ0v) is 22.6. The summed E-state index contributed by atoms with van der Waals surface area (Å²) < 4.78 is 5.46. The van der Waals surface area contributed by atoms with Crippen LogP contribution in [-0.2, 0) is 16.0 Å². The van der Waals surface area contributed by atoms with Gasteiger partial charge in [-0.15, -0.1) is 0 Å². The molecule has 3 aliphatic carbocycles. The fraction of sp³-hybridized carbons (Fsp3) is 0.533. The van der Waals surface area contributed by atoms with Gasteiger partial charge in [-0.25, -0.2) is 0 Å².